The van der Waals surface area contributed by atoms with Crippen LogP contribution in [0.5, 0.6) is 0 Å². The van der Waals surface area contributed by atoms with Gasteiger partial charge in [-0.15, -0.1) is 0 Å². The molecule has 0 rings (SSSR count). The molecule has 0 heterocycles. The summed E-state index contributed by atoms with van der Waals surface area (Å²) in [5.41, 5.74) is 0. The van der Waals surface area contributed by atoms with Crippen molar-refractivity contribution < 1.29 is 136 Å². The molecule has 20 heavy (non-hydrogen) atoms. The molecule has 0 spiro atoms. The molecule has 0 saturated heterocycles. The summed E-state index contributed by atoms with van der Waals surface area (Å²) in [6.07, 6.45) is 0. The maximum Gasteiger partial charge on any atom is 1.00 e. The summed E-state index contributed by atoms with van der Waals surface area (Å²) in [7, 11) is -4.67. The molecule has 0 aromatic rings. The van der Waals surface area contributed by atoms with E-state index in [1.807, 2.05) is 0 Å². The summed E-state index contributed by atoms with van der Waals surface area (Å²) in [5.74, 6) is 0. The second-order valence-electron chi connectivity index (χ2n) is 0.448. The van der Waals surface area contributed by atoms with Gasteiger partial charge in [0.25, 0.3) is 0 Å². The van der Waals surface area contributed by atoms with Gasteiger partial charge >= 0.3 is 61.8 Å². The quantitative estimate of drug-likeness (QED) is 0.287. The van der Waals surface area contributed by atoms with Crippen LogP contribution in [0.25, 0.3) is 0 Å². The van der Waals surface area contributed by atoms with Crippen molar-refractivity contribution in [2.75, 3.05) is 0 Å². The minimum absolute atomic E-state index is 0. The summed E-state index contributed by atoms with van der Waals surface area (Å²) in [4.78, 5) is 0. The fourth-order valence-corrected chi connectivity index (χ4v) is 0. The summed E-state index contributed by atoms with van der Waals surface area (Å²) in [6.45, 7) is 0. The molecule has 0 aliphatic heterocycles. The molecule has 0 aromatic heterocycles. The van der Waals surface area contributed by atoms with Crippen LogP contribution in [0.3, 0.4) is 0 Å². The topological polar surface area (TPSA) is 453 Å². The molecule has 16 nitrogen and oxygen atoms in total. The van der Waals surface area contributed by atoms with Gasteiger partial charge < -0.3 is 67.1 Å². The van der Waals surface area contributed by atoms with E-state index in [9.17, 15) is 0 Å². The molecule has 0 atom stereocenters. The third kappa shape index (κ3) is 1670. The molecular weight excluding hydrogens is 381 g/mol. The first-order valence-corrected chi connectivity index (χ1v) is 2.10. The molecular formula is H33Al2KO16S. The van der Waals surface area contributed by atoms with Gasteiger partial charge in [0.15, 0.2) is 34.7 Å². The van der Waals surface area contributed by atoms with Crippen LogP contribution in [0, 0.1) is 0 Å². The standard InChI is InChI=1S/2Al.K.H2O4S.12H2O.7H/c;;;1-5(2,3)4;;;;;;;;;;;;;;;;;;;/h;;;(H2,1,2,3,4);12*1H2;;;;;;;/q;;+1;;;;;;;;;;;;;;;;;;;;-1. The Bertz CT molecular complexity index is 109. The van der Waals surface area contributed by atoms with Crippen molar-refractivity contribution in [1.82, 2.24) is 0 Å². The monoisotopic (exact) mass is 414 g/mol. The van der Waals surface area contributed by atoms with Crippen LogP contribution < -0.4 is 51.4 Å². The average molecular weight is 414 g/mol. The summed E-state index contributed by atoms with van der Waals surface area (Å²) in [5, 5.41) is 0. The largest absolute Gasteiger partial charge is 1.00 e. The van der Waals surface area contributed by atoms with Crippen LogP contribution in [0.1, 0.15) is 1.43 Å². The molecule has 0 saturated carbocycles. The normalized spacial score (nSPS) is 2.90. The van der Waals surface area contributed by atoms with E-state index >= 15 is 0 Å². The zero-order valence-corrected chi connectivity index (χ0v) is 13.1. The van der Waals surface area contributed by atoms with E-state index in [0.717, 1.165) is 0 Å². The molecule has 0 aliphatic carbocycles. The number of hydrogen-bond donors (Lipinski definition) is 2. The molecule has 142 valence electrons. The van der Waals surface area contributed by atoms with E-state index in [1.165, 1.54) is 0 Å². The number of hydrogen-bond acceptors (Lipinski definition) is 2. The van der Waals surface area contributed by atoms with Gasteiger partial charge in [-0.25, -0.2) is 0 Å². The van der Waals surface area contributed by atoms with Crippen molar-refractivity contribution in [3.8, 4) is 0 Å². The van der Waals surface area contributed by atoms with E-state index in [0.29, 0.717) is 0 Å². The van der Waals surface area contributed by atoms with E-state index < -0.39 is 10.4 Å². The molecule has 26 N–H and O–H groups in total. The third-order valence-electron chi connectivity index (χ3n) is 0. The molecule has 0 amide bonds. The molecule has 20 heteroatoms. The second kappa shape index (κ2) is 130. The Kier molecular flexibility index (Phi) is 1720. The fourth-order valence-electron chi connectivity index (χ4n) is 0. The van der Waals surface area contributed by atoms with Gasteiger partial charge in [0, 0.05) is 0 Å². The van der Waals surface area contributed by atoms with Crippen LogP contribution in [-0.4, -0.2) is 118 Å². The van der Waals surface area contributed by atoms with Crippen molar-refractivity contribution >= 4 is 45.1 Å². The van der Waals surface area contributed by atoms with Gasteiger partial charge in [-0.3, -0.25) is 9.11 Å². The summed E-state index contributed by atoms with van der Waals surface area (Å²) >= 11 is 0. The van der Waals surface area contributed by atoms with Gasteiger partial charge in [0.05, 0.1) is 0 Å². The van der Waals surface area contributed by atoms with Crippen molar-refractivity contribution in [1.29, 1.82) is 0 Å². The number of rotatable bonds is 0. The Balaban J connectivity index is -0.000000000667. The fraction of sp³-hybridized carbons (Fsp3) is 0. The van der Waals surface area contributed by atoms with Gasteiger partial charge in [-0.2, -0.15) is 8.42 Å². The van der Waals surface area contributed by atoms with E-state index in [2.05, 4.69) is 0 Å². The van der Waals surface area contributed by atoms with Crippen molar-refractivity contribution in [2.24, 2.45) is 0 Å². The maximum atomic E-state index is 8.74. The summed E-state index contributed by atoms with van der Waals surface area (Å²) in [6, 6.07) is 0. The first kappa shape index (κ1) is 265. The van der Waals surface area contributed by atoms with Gasteiger partial charge in [0.2, 0.25) is 0 Å². The molecule has 0 unspecified atom stereocenters. The molecule has 0 aromatic carbocycles. The van der Waals surface area contributed by atoms with Gasteiger partial charge in [-0.1, -0.05) is 0 Å². The smallest absolute Gasteiger partial charge is 1.00 e. The SMILES string of the molecule is O.O.O.O.O.O.O.O.O.O.O.O.O=S(=O)(O)O.[AlH3].[AlH3].[H-].[K+]. The minimum Gasteiger partial charge on any atom is -1.00 e. The van der Waals surface area contributed by atoms with Gasteiger partial charge in [0.1, 0.15) is 0 Å². The Morgan fingerprint density at radius 1 is 0.500 bits per heavy atom. The molecule has 0 radical (unpaired) electrons. The zero-order valence-electron chi connectivity index (χ0n) is 10.1. The van der Waals surface area contributed by atoms with Crippen molar-refractivity contribution in [3.63, 3.8) is 0 Å². The van der Waals surface area contributed by atoms with Crippen LogP contribution in [0.4, 0.5) is 0 Å². The third-order valence-corrected chi connectivity index (χ3v) is 0. The minimum atomic E-state index is -4.67. The Morgan fingerprint density at radius 2 is 0.500 bits per heavy atom. The zero-order chi connectivity index (χ0) is 4.50. The Hall–Kier alpha value is 2.09. The van der Waals surface area contributed by atoms with E-state index in [4.69, 9.17) is 17.5 Å². The first-order chi connectivity index (χ1) is 2.00. The Morgan fingerprint density at radius 3 is 0.500 bits per heavy atom. The second-order valence-corrected chi connectivity index (χ2v) is 1.34. The molecule has 0 fully saturated rings. The van der Waals surface area contributed by atoms with Crippen LogP contribution >= 0.6 is 0 Å². The summed E-state index contributed by atoms with van der Waals surface area (Å²) < 4.78 is 31.6. The predicted molar refractivity (Wildman–Crippen MR) is 78.5 cm³/mol. The first-order valence-electron chi connectivity index (χ1n) is 0.698. The maximum absolute atomic E-state index is 8.74. The molecule has 0 bridgehead atoms. The van der Waals surface area contributed by atoms with Crippen molar-refractivity contribution in [2.45, 2.75) is 0 Å². The van der Waals surface area contributed by atoms with Crippen LogP contribution in [0.2, 0.25) is 0 Å². The predicted octanol–water partition coefficient (Wildman–Crippen LogP) is -15.8. The van der Waals surface area contributed by atoms with Crippen molar-refractivity contribution in [3.05, 3.63) is 0 Å². The van der Waals surface area contributed by atoms with E-state index in [-0.39, 0.29) is 153 Å². The van der Waals surface area contributed by atoms with Gasteiger partial charge in [-0.05, 0) is 0 Å². The van der Waals surface area contributed by atoms with Crippen LogP contribution in [0.15, 0.2) is 0 Å². The average Bonchev–Trinajstić information content (AvgIpc) is 0.722. The van der Waals surface area contributed by atoms with Crippen LogP contribution in [-0.2, 0) is 10.4 Å². The Labute approximate surface area is 179 Å². The molecule has 0 aliphatic rings. The van der Waals surface area contributed by atoms with E-state index in [1.54, 1.807) is 0 Å².